The van der Waals surface area contributed by atoms with Crippen LogP contribution in [0.15, 0.2) is 40.2 Å². The van der Waals surface area contributed by atoms with E-state index in [0.717, 1.165) is 29.3 Å². The largest absolute Gasteiger partial charge is 0.496 e. The average Bonchev–Trinajstić information content (AvgIpc) is 3.40. The first-order valence-corrected chi connectivity index (χ1v) is 10.0. The summed E-state index contributed by atoms with van der Waals surface area (Å²) in [6.07, 6.45) is 0. The van der Waals surface area contributed by atoms with Crippen LogP contribution in [-0.4, -0.2) is 59.1 Å². The van der Waals surface area contributed by atoms with Crippen molar-refractivity contribution in [2.45, 2.75) is 13.5 Å². The maximum atomic E-state index is 12.8. The summed E-state index contributed by atoms with van der Waals surface area (Å²) in [7, 11) is 1.62. The smallest absolute Gasteiger partial charge is 0.254 e. The zero-order valence-electron chi connectivity index (χ0n) is 15.9. The molecule has 1 fully saturated rings. The van der Waals surface area contributed by atoms with E-state index in [4.69, 9.17) is 9.26 Å². The number of nitrogens with zero attached hydrogens (tertiary/aromatic N) is 4. The van der Waals surface area contributed by atoms with Crippen molar-refractivity contribution in [3.05, 3.63) is 52.7 Å². The Balaban J connectivity index is 1.34. The molecule has 0 saturated carbocycles. The third-order valence-corrected chi connectivity index (χ3v) is 5.75. The fraction of sp³-hybridized carbons (Fsp3) is 0.350. The highest BCUT2D eigenvalue weighted by Gasteiger charge is 2.24. The van der Waals surface area contributed by atoms with Crippen molar-refractivity contribution in [2.24, 2.45) is 0 Å². The van der Waals surface area contributed by atoms with Gasteiger partial charge in [0.1, 0.15) is 5.75 Å². The lowest BCUT2D eigenvalue weighted by atomic mass is 10.1. The monoisotopic (exact) mass is 398 g/mol. The number of aromatic nitrogens is 2. The summed E-state index contributed by atoms with van der Waals surface area (Å²) in [5.74, 6) is 2.01. The molecule has 0 spiro atoms. The van der Waals surface area contributed by atoms with Gasteiger partial charge in [0.15, 0.2) is 0 Å². The highest BCUT2D eigenvalue weighted by atomic mass is 32.1. The number of rotatable bonds is 5. The maximum absolute atomic E-state index is 12.8. The Kier molecular flexibility index (Phi) is 5.40. The lowest BCUT2D eigenvalue weighted by Gasteiger charge is -2.34. The van der Waals surface area contributed by atoms with Crippen LogP contribution in [-0.2, 0) is 6.54 Å². The number of aryl methyl sites for hydroxylation is 1. The molecule has 0 unspecified atom stereocenters. The van der Waals surface area contributed by atoms with E-state index in [1.54, 1.807) is 18.4 Å². The van der Waals surface area contributed by atoms with Crippen LogP contribution in [0.5, 0.6) is 5.75 Å². The van der Waals surface area contributed by atoms with E-state index in [1.165, 1.54) is 0 Å². The summed E-state index contributed by atoms with van der Waals surface area (Å²) < 4.78 is 10.7. The molecular formula is C20H22N4O3S. The van der Waals surface area contributed by atoms with Crippen LogP contribution in [0.4, 0.5) is 0 Å². The topological polar surface area (TPSA) is 71.7 Å². The van der Waals surface area contributed by atoms with Crippen molar-refractivity contribution in [1.82, 2.24) is 19.9 Å². The van der Waals surface area contributed by atoms with Gasteiger partial charge in [0, 0.05) is 31.7 Å². The molecule has 0 bridgehead atoms. The first kappa shape index (κ1) is 18.6. The Hall–Kier alpha value is -2.71. The predicted molar refractivity (Wildman–Crippen MR) is 107 cm³/mol. The van der Waals surface area contributed by atoms with Gasteiger partial charge in [-0.2, -0.15) is 4.98 Å². The molecule has 28 heavy (non-hydrogen) atoms. The van der Waals surface area contributed by atoms with Gasteiger partial charge in [-0.15, -0.1) is 11.3 Å². The number of amides is 1. The summed E-state index contributed by atoms with van der Waals surface area (Å²) in [4.78, 5) is 22.4. The van der Waals surface area contributed by atoms with Gasteiger partial charge in [-0.25, -0.2) is 0 Å². The quantitative estimate of drug-likeness (QED) is 0.658. The highest BCUT2D eigenvalue weighted by molar-refractivity contribution is 7.13. The molecule has 1 aliphatic rings. The molecule has 1 amide bonds. The number of hydrogen-bond donors (Lipinski definition) is 0. The zero-order chi connectivity index (χ0) is 19.5. The molecule has 3 heterocycles. The summed E-state index contributed by atoms with van der Waals surface area (Å²) in [6, 6.07) is 9.54. The predicted octanol–water partition coefficient (Wildman–Crippen LogP) is 3.07. The number of carbonyl (C=O) groups excluding carboxylic acids is 1. The summed E-state index contributed by atoms with van der Waals surface area (Å²) in [5.41, 5.74) is 1.68. The second kappa shape index (κ2) is 8.12. The second-order valence-corrected chi connectivity index (χ2v) is 7.69. The third-order valence-electron chi connectivity index (χ3n) is 4.88. The fourth-order valence-corrected chi connectivity index (χ4v) is 3.91. The summed E-state index contributed by atoms with van der Waals surface area (Å²) in [5, 5.41) is 6.04. The first-order valence-electron chi connectivity index (χ1n) is 9.17. The minimum absolute atomic E-state index is 0.0377. The molecule has 1 saturated heterocycles. The van der Waals surface area contributed by atoms with Crippen molar-refractivity contribution >= 4 is 17.2 Å². The maximum Gasteiger partial charge on any atom is 0.254 e. The number of methoxy groups -OCH3 is 1. The van der Waals surface area contributed by atoms with E-state index in [2.05, 4.69) is 15.0 Å². The Morgan fingerprint density at radius 2 is 2.07 bits per heavy atom. The van der Waals surface area contributed by atoms with Gasteiger partial charge in [-0.3, -0.25) is 9.69 Å². The normalized spacial score (nSPS) is 15.0. The average molecular weight is 398 g/mol. The molecule has 2 aromatic heterocycles. The number of carbonyl (C=O) groups is 1. The number of piperazine rings is 1. The van der Waals surface area contributed by atoms with Crippen LogP contribution < -0.4 is 4.74 Å². The van der Waals surface area contributed by atoms with Crippen LogP contribution in [0.2, 0.25) is 0 Å². The molecule has 8 heteroatoms. The van der Waals surface area contributed by atoms with Crippen LogP contribution in [0.25, 0.3) is 10.7 Å². The molecule has 0 radical (unpaired) electrons. The molecule has 1 aliphatic heterocycles. The van der Waals surface area contributed by atoms with Gasteiger partial charge in [-0.1, -0.05) is 17.3 Å². The van der Waals surface area contributed by atoms with Gasteiger partial charge >= 0.3 is 0 Å². The van der Waals surface area contributed by atoms with Gasteiger partial charge in [0.05, 0.1) is 18.5 Å². The highest BCUT2D eigenvalue weighted by Crippen LogP contribution is 2.22. The lowest BCUT2D eigenvalue weighted by molar-refractivity contribution is 0.0614. The number of benzene rings is 1. The Bertz CT molecular complexity index is 946. The number of thiophene rings is 1. The lowest BCUT2D eigenvalue weighted by Crippen LogP contribution is -2.48. The molecule has 146 valence electrons. The van der Waals surface area contributed by atoms with E-state index in [0.29, 0.717) is 36.9 Å². The van der Waals surface area contributed by atoms with Crippen molar-refractivity contribution in [3.8, 4) is 16.5 Å². The fourth-order valence-electron chi connectivity index (χ4n) is 3.26. The molecule has 7 nitrogen and oxygen atoms in total. The Morgan fingerprint density at radius 3 is 2.79 bits per heavy atom. The van der Waals surface area contributed by atoms with E-state index in [-0.39, 0.29) is 5.91 Å². The molecule has 4 rings (SSSR count). The zero-order valence-corrected chi connectivity index (χ0v) is 16.7. The van der Waals surface area contributed by atoms with Crippen LogP contribution in [0.1, 0.15) is 21.8 Å². The molecular weight excluding hydrogens is 376 g/mol. The third kappa shape index (κ3) is 3.93. The van der Waals surface area contributed by atoms with Crippen molar-refractivity contribution in [2.75, 3.05) is 33.3 Å². The van der Waals surface area contributed by atoms with Gasteiger partial charge in [0.2, 0.25) is 11.7 Å². The molecule has 0 aliphatic carbocycles. The van der Waals surface area contributed by atoms with E-state index < -0.39 is 0 Å². The first-order chi connectivity index (χ1) is 13.6. The van der Waals surface area contributed by atoms with Crippen LogP contribution in [0, 0.1) is 6.92 Å². The molecule has 1 aromatic carbocycles. The molecule has 0 N–H and O–H groups in total. The summed E-state index contributed by atoms with van der Waals surface area (Å²) in [6.45, 7) is 5.44. The second-order valence-electron chi connectivity index (χ2n) is 6.74. The summed E-state index contributed by atoms with van der Waals surface area (Å²) >= 11 is 1.59. The van der Waals surface area contributed by atoms with Crippen molar-refractivity contribution in [1.29, 1.82) is 0 Å². The van der Waals surface area contributed by atoms with Crippen LogP contribution in [0.3, 0.4) is 0 Å². The van der Waals surface area contributed by atoms with Gasteiger partial charge < -0.3 is 14.2 Å². The number of ether oxygens (including phenoxy) is 1. The van der Waals surface area contributed by atoms with E-state index in [9.17, 15) is 4.79 Å². The van der Waals surface area contributed by atoms with Crippen molar-refractivity contribution in [3.63, 3.8) is 0 Å². The minimum Gasteiger partial charge on any atom is -0.496 e. The Morgan fingerprint density at radius 1 is 1.25 bits per heavy atom. The molecule has 0 atom stereocenters. The van der Waals surface area contributed by atoms with Crippen LogP contribution >= 0.6 is 11.3 Å². The molecule has 3 aromatic rings. The minimum atomic E-state index is 0.0377. The van der Waals surface area contributed by atoms with E-state index in [1.807, 2.05) is 47.5 Å². The van der Waals surface area contributed by atoms with Crippen molar-refractivity contribution < 1.29 is 14.1 Å². The van der Waals surface area contributed by atoms with E-state index >= 15 is 0 Å². The van der Waals surface area contributed by atoms with Gasteiger partial charge in [0.25, 0.3) is 5.91 Å². The van der Waals surface area contributed by atoms with Gasteiger partial charge in [-0.05, 0) is 36.1 Å². The number of hydrogen-bond acceptors (Lipinski definition) is 7. The Labute approximate surface area is 167 Å². The standard InChI is InChI=1S/C20H22N4O3S/c1-14-5-6-15(12-16(14)26-2)20(25)24-9-7-23(8-10-24)13-18-21-19(22-27-18)17-4-3-11-28-17/h3-6,11-12H,7-10,13H2,1-2H3. The SMILES string of the molecule is COc1cc(C(=O)N2CCN(Cc3nc(-c4cccs4)no3)CC2)ccc1C.